The van der Waals surface area contributed by atoms with Crippen molar-refractivity contribution in [3.05, 3.63) is 11.7 Å². The summed E-state index contributed by atoms with van der Waals surface area (Å²) in [6.45, 7) is 0.786. The van der Waals surface area contributed by atoms with Crippen LogP contribution in [-0.4, -0.2) is 10.1 Å². The zero-order chi connectivity index (χ0) is 11.4. The van der Waals surface area contributed by atoms with Crippen LogP contribution in [0.2, 0.25) is 0 Å². The predicted molar refractivity (Wildman–Crippen MR) is 52.1 cm³/mol. The summed E-state index contributed by atoms with van der Waals surface area (Å²) in [4.78, 5) is 3.91. The second-order valence-electron chi connectivity index (χ2n) is 5.24. The monoisotopic (exact) mass is 228 g/mol. The van der Waals surface area contributed by atoms with Crippen molar-refractivity contribution in [3.63, 3.8) is 0 Å². The van der Waals surface area contributed by atoms with Gasteiger partial charge in [0.15, 0.2) is 5.82 Å². The van der Waals surface area contributed by atoms with Crippen LogP contribution in [0.3, 0.4) is 0 Å². The zero-order valence-corrected chi connectivity index (χ0v) is 9.17. The van der Waals surface area contributed by atoms with Crippen LogP contribution >= 0.6 is 0 Å². The van der Waals surface area contributed by atoms with Crippen molar-refractivity contribution in [1.29, 1.82) is 0 Å². The molecule has 2 bridgehead atoms. The van der Waals surface area contributed by atoms with Crippen molar-refractivity contribution in [2.24, 2.45) is 5.92 Å². The molecule has 1 aromatic rings. The van der Waals surface area contributed by atoms with Crippen LogP contribution in [-0.2, 0) is 11.3 Å². The fraction of sp³-hybridized carbons (Fsp3) is 0.818. The summed E-state index contributed by atoms with van der Waals surface area (Å²) in [7, 11) is 0. The lowest BCUT2D eigenvalue weighted by Gasteiger charge is -2.21. The fourth-order valence-electron chi connectivity index (χ4n) is 3.12. The third-order valence-electron chi connectivity index (χ3n) is 4.02. The van der Waals surface area contributed by atoms with E-state index in [1.165, 1.54) is 12.8 Å². The zero-order valence-electron chi connectivity index (χ0n) is 9.17. The normalized spacial score (nSPS) is 33.6. The quantitative estimate of drug-likeness (QED) is 0.781. The maximum Gasteiger partial charge on any atom is 0.322 e. The molecule has 0 saturated heterocycles. The maximum atomic E-state index is 13.0. The first-order valence-electron chi connectivity index (χ1n) is 5.72. The highest BCUT2D eigenvalue weighted by atomic mass is 19.3. The number of fused-ring (bicyclic) bond motifs is 2. The first-order chi connectivity index (χ1) is 7.50. The van der Waals surface area contributed by atoms with Crippen LogP contribution in [0.15, 0.2) is 4.52 Å². The van der Waals surface area contributed by atoms with Crippen LogP contribution in [0.5, 0.6) is 0 Å². The van der Waals surface area contributed by atoms with Crippen molar-refractivity contribution in [3.8, 4) is 0 Å². The summed E-state index contributed by atoms with van der Waals surface area (Å²) < 4.78 is 30.7. The molecule has 2 aliphatic carbocycles. The molecule has 0 N–H and O–H groups in total. The standard InChI is InChI=1S/C11H14F2N2O/c1-10(12,13)9-14-8(15-16-9)11-4-2-7(6-11)3-5-11/h7H,2-6H2,1H3. The van der Waals surface area contributed by atoms with E-state index in [4.69, 9.17) is 0 Å². The highest BCUT2D eigenvalue weighted by Crippen LogP contribution is 2.54. The Morgan fingerprint density at radius 1 is 1.38 bits per heavy atom. The van der Waals surface area contributed by atoms with Crippen molar-refractivity contribution in [1.82, 2.24) is 10.1 Å². The molecule has 2 fully saturated rings. The number of hydrogen-bond donors (Lipinski definition) is 0. The molecule has 0 unspecified atom stereocenters. The molecule has 0 radical (unpaired) electrons. The van der Waals surface area contributed by atoms with E-state index >= 15 is 0 Å². The smallest absolute Gasteiger partial charge is 0.322 e. The van der Waals surface area contributed by atoms with Gasteiger partial charge in [0.25, 0.3) is 5.89 Å². The SMILES string of the molecule is CC(F)(F)c1nc(C23CCC(CC2)C3)no1. The van der Waals surface area contributed by atoms with Gasteiger partial charge in [-0.25, -0.2) is 0 Å². The summed E-state index contributed by atoms with van der Waals surface area (Å²) in [6, 6.07) is 0. The van der Waals surface area contributed by atoms with E-state index in [2.05, 4.69) is 14.7 Å². The topological polar surface area (TPSA) is 38.9 Å². The van der Waals surface area contributed by atoms with E-state index < -0.39 is 11.8 Å². The van der Waals surface area contributed by atoms with Gasteiger partial charge in [0.2, 0.25) is 0 Å². The van der Waals surface area contributed by atoms with E-state index in [1.807, 2.05) is 0 Å². The first-order valence-corrected chi connectivity index (χ1v) is 5.72. The molecule has 0 aliphatic heterocycles. The average molecular weight is 228 g/mol. The lowest BCUT2D eigenvalue weighted by Crippen LogP contribution is -2.21. The van der Waals surface area contributed by atoms with E-state index in [1.54, 1.807) is 0 Å². The van der Waals surface area contributed by atoms with Crippen molar-refractivity contribution >= 4 is 0 Å². The largest absolute Gasteiger partial charge is 0.333 e. The molecule has 0 atom stereocenters. The van der Waals surface area contributed by atoms with Gasteiger partial charge in [0, 0.05) is 12.3 Å². The molecule has 3 rings (SSSR count). The summed E-state index contributed by atoms with van der Waals surface area (Å²) in [5.41, 5.74) is -0.0579. The van der Waals surface area contributed by atoms with Crippen LogP contribution in [0.4, 0.5) is 8.78 Å². The second kappa shape index (κ2) is 3.02. The average Bonchev–Trinajstić information content (AvgIpc) is 2.92. The van der Waals surface area contributed by atoms with Gasteiger partial charge in [-0.15, -0.1) is 0 Å². The maximum absolute atomic E-state index is 13.0. The molecular formula is C11H14F2N2O. The van der Waals surface area contributed by atoms with Gasteiger partial charge >= 0.3 is 5.92 Å². The number of halogens is 2. The van der Waals surface area contributed by atoms with Gasteiger partial charge in [0.1, 0.15) is 0 Å². The number of rotatable bonds is 2. The molecule has 1 aromatic heterocycles. The molecule has 3 nitrogen and oxygen atoms in total. The van der Waals surface area contributed by atoms with Crippen molar-refractivity contribution in [2.75, 3.05) is 0 Å². The third kappa shape index (κ3) is 1.37. The Labute approximate surface area is 92.2 Å². The lowest BCUT2D eigenvalue weighted by molar-refractivity contribution is -0.0158. The minimum Gasteiger partial charge on any atom is -0.333 e. The predicted octanol–water partition coefficient (Wildman–Crippen LogP) is 3.01. The van der Waals surface area contributed by atoms with Crippen molar-refractivity contribution < 1.29 is 13.3 Å². The molecule has 2 saturated carbocycles. The molecule has 5 heteroatoms. The molecule has 0 spiro atoms. The molecule has 1 heterocycles. The molecular weight excluding hydrogens is 214 g/mol. The summed E-state index contributed by atoms with van der Waals surface area (Å²) in [6.07, 6.45) is 5.43. The molecule has 88 valence electrons. The van der Waals surface area contributed by atoms with E-state index in [-0.39, 0.29) is 5.41 Å². The Hall–Kier alpha value is -1.00. The van der Waals surface area contributed by atoms with Crippen molar-refractivity contribution in [2.45, 2.75) is 50.4 Å². The number of nitrogens with zero attached hydrogens (tertiary/aromatic N) is 2. The van der Waals surface area contributed by atoms with Crippen LogP contribution in [0, 0.1) is 5.92 Å². The Morgan fingerprint density at radius 2 is 2.06 bits per heavy atom. The Morgan fingerprint density at radius 3 is 2.50 bits per heavy atom. The number of hydrogen-bond acceptors (Lipinski definition) is 3. The highest BCUT2D eigenvalue weighted by molar-refractivity contribution is 5.15. The fourth-order valence-corrected chi connectivity index (χ4v) is 3.12. The Balaban J connectivity index is 1.93. The number of alkyl halides is 2. The van der Waals surface area contributed by atoms with E-state index in [0.29, 0.717) is 5.82 Å². The summed E-state index contributed by atoms with van der Waals surface area (Å²) >= 11 is 0. The second-order valence-corrected chi connectivity index (χ2v) is 5.24. The summed E-state index contributed by atoms with van der Waals surface area (Å²) in [5.74, 6) is -2.33. The van der Waals surface area contributed by atoms with Crippen LogP contribution < -0.4 is 0 Å². The van der Waals surface area contributed by atoms with Gasteiger partial charge in [-0.1, -0.05) is 5.16 Å². The van der Waals surface area contributed by atoms with E-state index in [0.717, 1.165) is 32.1 Å². The van der Waals surface area contributed by atoms with Gasteiger partial charge in [-0.3, -0.25) is 0 Å². The third-order valence-corrected chi connectivity index (χ3v) is 4.02. The van der Waals surface area contributed by atoms with Gasteiger partial charge < -0.3 is 4.52 Å². The van der Waals surface area contributed by atoms with Gasteiger partial charge in [-0.05, 0) is 38.0 Å². The Bertz CT molecular complexity index is 402. The van der Waals surface area contributed by atoms with Gasteiger partial charge in [0.05, 0.1) is 0 Å². The lowest BCUT2D eigenvalue weighted by atomic mass is 9.83. The molecule has 2 aliphatic rings. The molecule has 0 aromatic carbocycles. The van der Waals surface area contributed by atoms with Gasteiger partial charge in [-0.2, -0.15) is 13.8 Å². The molecule has 0 amide bonds. The van der Waals surface area contributed by atoms with Crippen LogP contribution in [0.1, 0.15) is 50.7 Å². The van der Waals surface area contributed by atoms with E-state index in [9.17, 15) is 8.78 Å². The Kier molecular flexibility index (Phi) is 1.92. The highest BCUT2D eigenvalue weighted by Gasteiger charge is 2.49. The minimum absolute atomic E-state index is 0.0579. The first kappa shape index (κ1) is 10.2. The minimum atomic E-state index is -3.03. The summed E-state index contributed by atoms with van der Waals surface area (Å²) in [5, 5.41) is 3.77. The van der Waals surface area contributed by atoms with Crippen LogP contribution in [0.25, 0.3) is 0 Å². The molecule has 16 heavy (non-hydrogen) atoms. The number of aromatic nitrogens is 2.